The average molecular weight is 306 g/mol. The lowest BCUT2D eigenvalue weighted by Crippen LogP contribution is -2.11. The zero-order valence-electron chi connectivity index (χ0n) is 10.3. The number of rotatable bonds is 1. The van der Waals surface area contributed by atoms with Gasteiger partial charge in [-0.25, -0.2) is 0 Å². The van der Waals surface area contributed by atoms with E-state index in [1.165, 1.54) is 18.2 Å². The van der Waals surface area contributed by atoms with Gasteiger partial charge in [0.1, 0.15) is 5.75 Å². The largest absolute Gasteiger partial charge is 0.508 e. The van der Waals surface area contributed by atoms with Crippen LogP contribution in [0.5, 0.6) is 5.75 Å². The number of alkyl halides is 6. The highest BCUT2D eigenvalue weighted by atomic mass is 19.4. The van der Waals surface area contributed by atoms with Crippen LogP contribution in [0.4, 0.5) is 26.3 Å². The fourth-order valence-corrected chi connectivity index (χ4v) is 1.88. The highest BCUT2D eigenvalue weighted by Gasteiger charge is 2.37. The molecule has 0 fully saturated rings. The second kappa shape index (κ2) is 4.98. The molecule has 0 heterocycles. The minimum Gasteiger partial charge on any atom is -0.508 e. The van der Waals surface area contributed by atoms with Gasteiger partial charge in [0.2, 0.25) is 0 Å². The van der Waals surface area contributed by atoms with E-state index in [1.807, 2.05) is 0 Å². The number of benzene rings is 2. The first-order chi connectivity index (χ1) is 9.59. The van der Waals surface area contributed by atoms with Gasteiger partial charge in [-0.2, -0.15) is 26.3 Å². The Hall–Kier alpha value is -2.18. The molecule has 0 bridgehead atoms. The maximum Gasteiger partial charge on any atom is 0.417 e. The van der Waals surface area contributed by atoms with Gasteiger partial charge in [-0.15, -0.1) is 0 Å². The molecule has 2 aromatic rings. The third-order valence-electron chi connectivity index (χ3n) is 2.81. The zero-order valence-corrected chi connectivity index (χ0v) is 10.3. The van der Waals surface area contributed by atoms with Crippen LogP contribution in [-0.2, 0) is 12.4 Å². The van der Waals surface area contributed by atoms with Gasteiger partial charge >= 0.3 is 12.4 Å². The van der Waals surface area contributed by atoms with Crippen molar-refractivity contribution in [3.05, 3.63) is 53.6 Å². The van der Waals surface area contributed by atoms with E-state index in [1.54, 1.807) is 0 Å². The molecule has 0 atom stereocenters. The fourth-order valence-electron chi connectivity index (χ4n) is 1.88. The molecule has 2 aromatic carbocycles. The third-order valence-corrected chi connectivity index (χ3v) is 2.81. The quantitative estimate of drug-likeness (QED) is 0.727. The minimum atomic E-state index is -4.80. The fraction of sp³-hybridized carbons (Fsp3) is 0.143. The molecule has 0 spiro atoms. The van der Waals surface area contributed by atoms with Crippen molar-refractivity contribution in [2.24, 2.45) is 0 Å². The average Bonchev–Trinajstić information content (AvgIpc) is 2.36. The molecule has 0 amide bonds. The van der Waals surface area contributed by atoms with Crippen LogP contribution in [0, 0.1) is 0 Å². The number of phenolic OH excluding ortho intramolecular Hbond substituents is 1. The van der Waals surface area contributed by atoms with Crippen molar-refractivity contribution in [1.29, 1.82) is 0 Å². The Labute approximate surface area is 115 Å². The molecular formula is C14H8F6O. The van der Waals surface area contributed by atoms with Crippen molar-refractivity contribution < 1.29 is 31.4 Å². The standard InChI is InChI=1S/C14H8F6O/c15-13(16,17)9-4-5-12(14(18,19)20)11(7-9)8-2-1-3-10(21)6-8/h1-7,21H. The third kappa shape index (κ3) is 3.29. The molecule has 0 saturated carbocycles. The smallest absolute Gasteiger partial charge is 0.417 e. The van der Waals surface area contributed by atoms with Crippen LogP contribution in [0.3, 0.4) is 0 Å². The Kier molecular flexibility index (Phi) is 3.61. The highest BCUT2D eigenvalue weighted by molar-refractivity contribution is 5.70. The number of hydrogen-bond acceptors (Lipinski definition) is 1. The molecule has 0 radical (unpaired) electrons. The molecule has 7 heteroatoms. The van der Waals surface area contributed by atoms with E-state index in [9.17, 15) is 31.4 Å². The molecule has 1 N–H and O–H groups in total. The summed E-state index contributed by atoms with van der Waals surface area (Å²) in [7, 11) is 0. The van der Waals surface area contributed by atoms with Crippen molar-refractivity contribution in [3.63, 3.8) is 0 Å². The number of halogens is 6. The van der Waals surface area contributed by atoms with E-state index in [4.69, 9.17) is 0 Å². The summed E-state index contributed by atoms with van der Waals surface area (Å²) in [4.78, 5) is 0. The lowest BCUT2D eigenvalue weighted by atomic mass is 9.96. The van der Waals surface area contributed by atoms with E-state index in [2.05, 4.69) is 0 Å². The summed E-state index contributed by atoms with van der Waals surface area (Å²) in [5.41, 5.74) is -3.16. The molecule has 0 aliphatic carbocycles. The number of aromatic hydroxyl groups is 1. The Morgan fingerprint density at radius 2 is 1.43 bits per heavy atom. The van der Waals surface area contributed by atoms with E-state index < -0.39 is 29.0 Å². The summed E-state index contributed by atoms with van der Waals surface area (Å²) >= 11 is 0. The van der Waals surface area contributed by atoms with E-state index in [-0.39, 0.29) is 11.3 Å². The summed E-state index contributed by atoms with van der Waals surface area (Å²) in [6.45, 7) is 0. The van der Waals surface area contributed by atoms with Gasteiger partial charge in [-0.1, -0.05) is 12.1 Å². The summed E-state index contributed by atoms with van der Waals surface area (Å²) in [5, 5.41) is 9.29. The molecular weight excluding hydrogens is 298 g/mol. The Morgan fingerprint density at radius 1 is 0.762 bits per heavy atom. The van der Waals surface area contributed by atoms with Gasteiger partial charge in [0.15, 0.2) is 0 Å². The van der Waals surface area contributed by atoms with E-state index in [0.29, 0.717) is 18.2 Å². The van der Waals surface area contributed by atoms with Gasteiger partial charge in [0.05, 0.1) is 11.1 Å². The van der Waals surface area contributed by atoms with Gasteiger partial charge in [-0.3, -0.25) is 0 Å². The minimum absolute atomic E-state index is 0.145. The number of hydrogen-bond donors (Lipinski definition) is 1. The van der Waals surface area contributed by atoms with E-state index >= 15 is 0 Å². The molecule has 112 valence electrons. The number of phenols is 1. The Morgan fingerprint density at radius 3 is 1.95 bits per heavy atom. The first-order valence-corrected chi connectivity index (χ1v) is 5.67. The van der Waals surface area contributed by atoms with Crippen molar-refractivity contribution in [3.8, 4) is 16.9 Å². The predicted octanol–water partition coefficient (Wildman–Crippen LogP) is 5.10. The van der Waals surface area contributed by atoms with Crippen LogP contribution in [0.25, 0.3) is 11.1 Å². The van der Waals surface area contributed by atoms with Crippen LogP contribution in [-0.4, -0.2) is 5.11 Å². The highest BCUT2D eigenvalue weighted by Crippen LogP contribution is 2.41. The van der Waals surface area contributed by atoms with Crippen LogP contribution in [0.15, 0.2) is 42.5 Å². The molecule has 0 aliphatic rings. The second-order valence-corrected chi connectivity index (χ2v) is 4.31. The lowest BCUT2D eigenvalue weighted by Gasteiger charge is -2.16. The Balaban J connectivity index is 2.70. The zero-order chi connectivity index (χ0) is 15.8. The van der Waals surface area contributed by atoms with E-state index in [0.717, 1.165) is 6.07 Å². The van der Waals surface area contributed by atoms with Crippen molar-refractivity contribution in [1.82, 2.24) is 0 Å². The molecule has 1 nitrogen and oxygen atoms in total. The Bertz CT molecular complexity index is 657. The first-order valence-electron chi connectivity index (χ1n) is 5.67. The van der Waals surface area contributed by atoms with Crippen LogP contribution >= 0.6 is 0 Å². The molecule has 0 aliphatic heterocycles. The normalized spacial score (nSPS) is 12.5. The van der Waals surface area contributed by atoms with Gasteiger partial charge in [0.25, 0.3) is 0 Å². The summed E-state index contributed by atoms with van der Waals surface area (Å²) in [6.07, 6.45) is -9.55. The molecule has 0 unspecified atom stereocenters. The van der Waals surface area contributed by atoms with Crippen LogP contribution in [0.1, 0.15) is 11.1 Å². The van der Waals surface area contributed by atoms with Gasteiger partial charge < -0.3 is 5.11 Å². The maximum atomic E-state index is 12.9. The summed E-state index contributed by atoms with van der Waals surface area (Å²) in [6, 6.07) is 5.85. The topological polar surface area (TPSA) is 20.2 Å². The van der Waals surface area contributed by atoms with Crippen LogP contribution < -0.4 is 0 Å². The van der Waals surface area contributed by atoms with Crippen molar-refractivity contribution >= 4 is 0 Å². The summed E-state index contributed by atoms with van der Waals surface area (Å²) in [5.74, 6) is -0.335. The second-order valence-electron chi connectivity index (χ2n) is 4.31. The summed E-state index contributed by atoms with van der Waals surface area (Å²) < 4.78 is 76.7. The lowest BCUT2D eigenvalue weighted by molar-refractivity contribution is -0.141. The van der Waals surface area contributed by atoms with Gasteiger partial charge in [0, 0.05) is 0 Å². The van der Waals surface area contributed by atoms with Crippen LogP contribution in [0.2, 0.25) is 0 Å². The van der Waals surface area contributed by atoms with Gasteiger partial charge in [-0.05, 0) is 41.5 Å². The SMILES string of the molecule is Oc1cccc(-c2cc(C(F)(F)F)ccc2C(F)(F)F)c1. The maximum absolute atomic E-state index is 12.9. The monoisotopic (exact) mass is 306 g/mol. The predicted molar refractivity (Wildman–Crippen MR) is 63.5 cm³/mol. The van der Waals surface area contributed by atoms with Crippen molar-refractivity contribution in [2.45, 2.75) is 12.4 Å². The molecule has 2 rings (SSSR count). The van der Waals surface area contributed by atoms with Crippen molar-refractivity contribution in [2.75, 3.05) is 0 Å². The first kappa shape index (κ1) is 15.2. The molecule has 0 saturated heterocycles. The molecule has 21 heavy (non-hydrogen) atoms. The molecule has 0 aromatic heterocycles.